The first-order valence-corrected chi connectivity index (χ1v) is 8.18. The van der Waals surface area contributed by atoms with Crippen molar-refractivity contribution >= 4 is 29.2 Å². The molecule has 3 rings (SSSR count). The Morgan fingerprint density at radius 1 is 1.21 bits per heavy atom. The van der Waals surface area contributed by atoms with E-state index in [4.69, 9.17) is 33.7 Å². The lowest BCUT2D eigenvalue weighted by molar-refractivity contribution is -0.0431. The molecule has 0 unspecified atom stereocenters. The summed E-state index contributed by atoms with van der Waals surface area (Å²) in [5.41, 5.74) is 6.12. The predicted molar refractivity (Wildman–Crippen MR) is 91.9 cm³/mol. The fraction of sp³-hybridized carbons (Fsp3) is 0.235. The molecule has 0 spiro atoms. The third-order valence-electron chi connectivity index (χ3n) is 4.00. The molecule has 0 heterocycles. The van der Waals surface area contributed by atoms with Crippen LogP contribution in [0.4, 0.5) is 4.79 Å². The summed E-state index contributed by atoms with van der Waals surface area (Å²) in [4.78, 5) is 10.9. The van der Waals surface area contributed by atoms with E-state index in [0.717, 1.165) is 12.0 Å². The molecule has 5 nitrogen and oxygen atoms in total. The summed E-state index contributed by atoms with van der Waals surface area (Å²) in [6.45, 7) is 0.234. The number of nitrogens with zero attached hydrogens (tertiary/aromatic N) is 1. The van der Waals surface area contributed by atoms with E-state index in [-0.39, 0.29) is 18.4 Å². The van der Waals surface area contributed by atoms with Gasteiger partial charge in [0.2, 0.25) is 0 Å². The summed E-state index contributed by atoms with van der Waals surface area (Å²) in [5, 5.41) is 10.9. The number of primary amides is 1. The standard InChI is InChI=1S/C17H16Cl2N2O3/c18-15-5-4-13(8-16(15)19)24-12-3-1-2-10(6-12)14-7-11(14)9-21(23)17(20)22/h1-6,8,11,14,23H,7,9H2,(H2,20,22)/t11-,14-/m0/s1. The Balaban J connectivity index is 1.67. The fourth-order valence-electron chi connectivity index (χ4n) is 2.65. The Kier molecular flexibility index (Phi) is 4.85. The van der Waals surface area contributed by atoms with Crippen LogP contribution in [0.3, 0.4) is 0 Å². The maximum Gasteiger partial charge on any atom is 0.338 e. The average Bonchev–Trinajstić information content (AvgIpc) is 3.30. The first kappa shape index (κ1) is 16.9. The molecule has 2 atom stereocenters. The number of benzene rings is 2. The number of ether oxygens (including phenoxy) is 1. The van der Waals surface area contributed by atoms with Crippen molar-refractivity contribution in [2.75, 3.05) is 6.54 Å². The zero-order valence-corrected chi connectivity index (χ0v) is 14.2. The summed E-state index contributed by atoms with van der Waals surface area (Å²) in [6, 6.07) is 12.0. The van der Waals surface area contributed by atoms with Crippen LogP contribution in [0.15, 0.2) is 42.5 Å². The number of hydroxylamine groups is 2. The van der Waals surface area contributed by atoms with Crippen molar-refractivity contribution < 1.29 is 14.7 Å². The zero-order valence-electron chi connectivity index (χ0n) is 12.7. The molecule has 1 fully saturated rings. The number of rotatable bonds is 5. The second kappa shape index (κ2) is 6.89. The van der Waals surface area contributed by atoms with Gasteiger partial charge in [-0.3, -0.25) is 5.21 Å². The Morgan fingerprint density at radius 2 is 1.96 bits per heavy atom. The van der Waals surface area contributed by atoms with E-state index in [1.54, 1.807) is 18.2 Å². The Bertz CT molecular complexity index is 769. The van der Waals surface area contributed by atoms with Crippen molar-refractivity contribution in [3.63, 3.8) is 0 Å². The van der Waals surface area contributed by atoms with Crippen LogP contribution in [0.5, 0.6) is 11.5 Å². The molecule has 0 saturated heterocycles. The van der Waals surface area contributed by atoms with Gasteiger partial charge in [0.05, 0.1) is 16.6 Å². The first-order chi connectivity index (χ1) is 11.4. The number of hydrogen-bond donors (Lipinski definition) is 2. The van der Waals surface area contributed by atoms with Crippen LogP contribution in [0, 0.1) is 5.92 Å². The molecule has 0 radical (unpaired) electrons. The molecule has 0 aliphatic heterocycles. The van der Waals surface area contributed by atoms with Gasteiger partial charge in [0, 0.05) is 6.07 Å². The van der Waals surface area contributed by atoms with Crippen LogP contribution in [0.2, 0.25) is 10.0 Å². The second-order valence-electron chi connectivity index (χ2n) is 5.77. The molecule has 2 aromatic rings. The van der Waals surface area contributed by atoms with Gasteiger partial charge in [0.15, 0.2) is 0 Å². The van der Waals surface area contributed by atoms with Crippen LogP contribution in [-0.2, 0) is 0 Å². The molecule has 126 valence electrons. The topological polar surface area (TPSA) is 75.8 Å². The minimum Gasteiger partial charge on any atom is -0.457 e. The van der Waals surface area contributed by atoms with E-state index in [1.165, 1.54) is 0 Å². The quantitative estimate of drug-likeness (QED) is 0.596. The molecule has 7 heteroatoms. The molecule has 0 bridgehead atoms. The van der Waals surface area contributed by atoms with Gasteiger partial charge in [-0.1, -0.05) is 35.3 Å². The minimum absolute atomic E-state index is 0.197. The lowest BCUT2D eigenvalue weighted by Gasteiger charge is -2.12. The van der Waals surface area contributed by atoms with Crippen molar-refractivity contribution in [2.24, 2.45) is 11.7 Å². The van der Waals surface area contributed by atoms with Gasteiger partial charge >= 0.3 is 6.03 Å². The smallest absolute Gasteiger partial charge is 0.338 e. The summed E-state index contributed by atoms with van der Waals surface area (Å²) < 4.78 is 5.81. The first-order valence-electron chi connectivity index (χ1n) is 7.43. The number of carbonyl (C=O) groups excluding carboxylic acids is 1. The summed E-state index contributed by atoms with van der Waals surface area (Å²) >= 11 is 11.9. The van der Waals surface area contributed by atoms with Crippen molar-refractivity contribution in [1.82, 2.24) is 5.06 Å². The number of hydrogen-bond acceptors (Lipinski definition) is 3. The maximum absolute atomic E-state index is 10.9. The SMILES string of the molecule is NC(=O)N(O)C[C@@H]1C[C@H]1c1cccc(Oc2ccc(Cl)c(Cl)c2)c1. The molecular formula is C17H16Cl2N2O3. The van der Waals surface area contributed by atoms with Crippen molar-refractivity contribution in [3.05, 3.63) is 58.1 Å². The Hall–Kier alpha value is -1.95. The Labute approximate surface area is 149 Å². The molecule has 3 N–H and O–H groups in total. The molecular weight excluding hydrogens is 351 g/mol. The summed E-state index contributed by atoms with van der Waals surface area (Å²) in [6.07, 6.45) is 0.889. The van der Waals surface area contributed by atoms with Crippen molar-refractivity contribution in [3.8, 4) is 11.5 Å². The lowest BCUT2D eigenvalue weighted by atomic mass is 10.1. The minimum atomic E-state index is -0.836. The van der Waals surface area contributed by atoms with E-state index in [1.807, 2.05) is 24.3 Å². The van der Waals surface area contributed by atoms with Gasteiger partial charge in [0.25, 0.3) is 0 Å². The van der Waals surface area contributed by atoms with E-state index < -0.39 is 6.03 Å². The number of amides is 2. The number of urea groups is 1. The van der Waals surface area contributed by atoms with Gasteiger partial charge in [-0.05, 0) is 48.1 Å². The van der Waals surface area contributed by atoms with Gasteiger partial charge < -0.3 is 10.5 Å². The van der Waals surface area contributed by atoms with Crippen LogP contribution in [0.1, 0.15) is 17.9 Å². The summed E-state index contributed by atoms with van der Waals surface area (Å²) in [7, 11) is 0. The lowest BCUT2D eigenvalue weighted by Crippen LogP contribution is -2.34. The van der Waals surface area contributed by atoms with E-state index in [2.05, 4.69) is 0 Å². The molecule has 1 aliphatic carbocycles. The van der Waals surface area contributed by atoms with Crippen LogP contribution in [-0.4, -0.2) is 22.8 Å². The molecule has 0 aromatic heterocycles. The van der Waals surface area contributed by atoms with Crippen molar-refractivity contribution in [1.29, 1.82) is 0 Å². The zero-order chi connectivity index (χ0) is 17.3. The van der Waals surface area contributed by atoms with Gasteiger partial charge in [-0.15, -0.1) is 0 Å². The number of nitrogens with two attached hydrogens (primary N) is 1. The van der Waals surface area contributed by atoms with Gasteiger partial charge in [0.1, 0.15) is 11.5 Å². The van der Waals surface area contributed by atoms with Crippen LogP contribution >= 0.6 is 23.2 Å². The predicted octanol–water partition coefficient (Wildman–Crippen LogP) is 4.66. The maximum atomic E-state index is 10.9. The van der Waals surface area contributed by atoms with Crippen LogP contribution in [0.25, 0.3) is 0 Å². The molecule has 24 heavy (non-hydrogen) atoms. The highest BCUT2D eigenvalue weighted by Crippen LogP contribution is 2.48. The molecule has 2 aromatic carbocycles. The van der Waals surface area contributed by atoms with Crippen molar-refractivity contribution in [2.45, 2.75) is 12.3 Å². The van der Waals surface area contributed by atoms with E-state index in [0.29, 0.717) is 26.6 Å². The monoisotopic (exact) mass is 366 g/mol. The molecule has 1 saturated carbocycles. The normalized spacial score (nSPS) is 19.0. The van der Waals surface area contributed by atoms with Crippen LogP contribution < -0.4 is 10.5 Å². The number of carbonyl (C=O) groups is 1. The Morgan fingerprint density at radius 3 is 2.67 bits per heavy atom. The molecule has 2 amide bonds. The van der Waals surface area contributed by atoms with E-state index >= 15 is 0 Å². The van der Waals surface area contributed by atoms with Gasteiger partial charge in [-0.2, -0.15) is 0 Å². The molecule has 1 aliphatic rings. The van der Waals surface area contributed by atoms with E-state index in [9.17, 15) is 10.0 Å². The third kappa shape index (κ3) is 3.93. The summed E-state index contributed by atoms with van der Waals surface area (Å²) in [5.74, 6) is 1.76. The number of halogens is 2. The second-order valence-corrected chi connectivity index (χ2v) is 6.59. The fourth-order valence-corrected chi connectivity index (χ4v) is 2.94. The highest BCUT2D eigenvalue weighted by Gasteiger charge is 2.40. The largest absolute Gasteiger partial charge is 0.457 e. The third-order valence-corrected chi connectivity index (χ3v) is 4.74. The van der Waals surface area contributed by atoms with Gasteiger partial charge in [-0.25, -0.2) is 9.86 Å². The highest BCUT2D eigenvalue weighted by molar-refractivity contribution is 6.42. The average molecular weight is 367 g/mol. The highest BCUT2D eigenvalue weighted by atomic mass is 35.5.